The Morgan fingerprint density at radius 1 is 1.26 bits per heavy atom. The molecule has 0 saturated carbocycles. The SMILES string of the molecule is CC(C)COc1ccc(N=CC2=C(O)CC(C)(C)CC2=O)cc1. The van der Waals surface area contributed by atoms with E-state index in [-0.39, 0.29) is 17.0 Å². The van der Waals surface area contributed by atoms with Crippen LogP contribution < -0.4 is 4.74 Å². The first-order valence-electron chi connectivity index (χ1n) is 7.99. The van der Waals surface area contributed by atoms with Crippen LogP contribution in [-0.4, -0.2) is 23.7 Å². The number of hydrogen-bond donors (Lipinski definition) is 1. The van der Waals surface area contributed by atoms with Crippen LogP contribution in [0.2, 0.25) is 0 Å². The monoisotopic (exact) mass is 315 g/mol. The second-order valence-corrected chi connectivity index (χ2v) is 7.26. The molecule has 0 bridgehead atoms. The molecule has 0 heterocycles. The Labute approximate surface area is 137 Å². The summed E-state index contributed by atoms with van der Waals surface area (Å²) in [6.07, 6.45) is 2.40. The van der Waals surface area contributed by atoms with E-state index in [4.69, 9.17) is 4.74 Å². The van der Waals surface area contributed by atoms with Gasteiger partial charge in [0, 0.05) is 19.1 Å². The molecule has 0 aromatic heterocycles. The van der Waals surface area contributed by atoms with Gasteiger partial charge in [-0.3, -0.25) is 9.79 Å². The molecule has 0 aliphatic heterocycles. The summed E-state index contributed by atoms with van der Waals surface area (Å²) in [7, 11) is 0. The van der Waals surface area contributed by atoms with Crippen molar-refractivity contribution in [2.24, 2.45) is 16.3 Å². The predicted octanol–water partition coefficient (Wildman–Crippen LogP) is 4.62. The molecule has 124 valence electrons. The summed E-state index contributed by atoms with van der Waals surface area (Å²) in [5.41, 5.74) is 0.859. The molecule has 0 radical (unpaired) electrons. The number of carbonyl (C=O) groups is 1. The van der Waals surface area contributed by atoms with E-state index in [9.17, 15) is 9.90 Å². The molecule has 0 fully saturated rings. The minimum absolute atomic E-state index is 0.0561. The van der Waals surface area contributed by atoms with Crippen LogP contribution in [0.25, 0.3) is 0 Å². The highest BCUT2D eigenvalue weighted by Crippen LogP contribution is 2.35. The first-order chi connectivity index (χ1) is 10.8. The standard InChI is InChI=1S/C19H25NO3/c1-13(2)12-23-15-7-5-14(6-8-15)20-11-16-17(21)9-19(3,4)10-18(16)22/h5-8,11,13,21H,9-10,12H2,1-4H3. The van der Waals surface area contributed by atoms with Crippen molar-refractivity contribution in [1.29, 1.82) is 0 Å². The third-order valence-corrected chi connectivity index (χ3v) is 3.66. The Morgan fingerprint density at radius 2 is 1.91 bits per heavy atom. The summed E-state index contributed by atoms with van der Waals surface area (Å²) in [5, 5.41) is 10.1. The van der Waals surface area contributed by atoms with Crippen molar-refractivity contribution in [3.63, 3.8) is 0 Å². The van der Waals surface area contributed by atoms with Gasteiger partial charge in [0.2, 0.25) is 0 Å². The molecule has 1 aliphatic carbocycles. The van der Waals surface area contributed by atoms with Gasteiger partial charge in [-0.05, 0) is 35.6 Å². The maximum absolute atomic E-state index is 12.1. The van der Waals surface area contributed by atoms with E-state index in [1.807, 2.05) is 38.1 Å². The predicted molar refractivity (Wildman–Crippen MR) is 92.6 cm³/mol. The number of aliphatic hydroxyl groups is 1. The number of aliphatic hydroxyl groups excluding tert-OH is 1. The van der Waals surface area contributed by atoms with E-state index in [1.165, 1.54) is 6.21 Å². The Bertz CT molecular complexity index is 625. The Balaban J connectivity index is 2.07. The zero-order chi connectivity index (χ0) is 17.0. The van der Waals surface area contributed by atoms with Crippen LogP contribution in [0.15, 0.2) is 40.6 Å². The Morgan fingerprint density at radius 3 is 2.48 bits per heavy atom. The average molecular weight is 315 g/mol. The van der Waals surface area contributed by atoms with Crippen LogP contribution in [0.3, 0.4) is 0 Å². The van der Waals surface area contributed by atoms with Crippen molar-refractivity contribution in [3.05, 3.63) is 35.6 Å². The fraction of sp³-hybridized carbons (Fsp3) is 0.474. The quantitative estimate of drug-likeness (QED) is 0.806. The summed E-state index contributed by atoms with van der Waals surface area (Å²) < 4.78 is 5.62. The number of Topliss-reactive ketones (excluding diaryl/α,β-unsaturated/α-hetero) is 1. The Kier molecular flexibility index (Phi) is 5.24. The van der Waals surface area contributed by atoms with Crippen molar-refractivity contribution < 1.29 is 14.6 Å². The summed E-state index contributed by atoms with van der Waals surface area (Å²) >= 11 is 0. The lowest BCUT2D eigenvalue weighted by molar-refractivity contribution is -0.117. The van der Waals surface area contributed by atoms with Gasteiger partial charge < -0.3 is 9.84 Å². The van der Waals surface area contributed by atoms with Crippen LogP contribution in [0, 0.1) is 11.3 Å². The van der Waals surface area contributed by atoms with Gasteiger partial charge in [0.25, 0.3) is 0 Å². The van der Waals surface area contributed by atoms with Gasteiger partial charge in [0.05, 0.1) is 17.9 Å². The molecule has 0 amide bonds. The van der Waals surface area contributed by atoms with Crippen molar-refractivity contribution in [2.75, 3.05) is 6.61 Å². The fourth-order valence-corrected chi connectivity index (χ4v) is 2.48. The number of carbonyl (C=O) groups excluding carboxylic acids is 1. The van der Waals surface area contributed by atoms with E-state index in [1.54, 1.807) is 0 Å². The average Bonchev–Trinajstić information content (AvgIpc) is 2.44. The number of benzene rings is 1. The van der Waals surface area contributed by atoms with E-state index in [2.05, 4.69) is 18.8 Å². The topological polar surface area (TPSA) is 58.9 Å². The van der Waals surface area contributed by atoms with Crippen molar-refractivity contribution >= 4 is 17.7 Å². The molecule has 4 heteroatoms. The summed E-state index contributed by atoms with van der Waals surface area (Å²) in [6, 6.07) is 7.38. The molecular formula is C19H25NO3. The van der Waals surface area contributed by atoms with Gasteiger partial charge in [0.1, 0.15) is 11.5 Å². The van der Waals surface area contributed by atoms with Crippen molar-refractivity contribution in [1.82, 2.24) is 0 Å². The maximum Gasteiger partial charge on any atom is 0.168 e. The largest absolute Gasteiger partial charge is 0.511 e. The van der Waals surface area contributed by atoms with Crippen molar-refractivity contribution in [2.45, 2.75) is 40.5 Å². The Hall–Kier alpha value is -2.10. The second-order valence-electron chi connectivity index (χ2n) is 7.26. The third-order valence-electron chi connectivity index (χ3n) is 3.66. The van der Waals surface area contributed by atoms with Crippen molar-refractivity contribution in [3.8, 4) is 5.75 Å². The van der Waals surface area contributed by atoms with Crippen LogP contribution in [0.4, 0.5) is 5.69 Å². The summed E-state index contributed by atoms with van der Waals surface area (Å²) in [6.45, 7) is 8.83. The van der Waals surface area contributed by atoms with E-state index >= 15 is 0 Å². The molecule has 23 heavy (non-hydrogen) atoms. The first kappa shape index (κ1) is 17.3. The number of rotatable bonds is 5. The lowest BCUT2D eigenvalue weighted by atomic mass is 9.77. The normalized spacial score (nSPS) is 18.0. The number of ketones is 1. The van der Waals surface area contributed by atoms with Crippen LogP contribution in [0.5, 0.6) is 5.75 Å². The van der Waals surface area contributed by atoms with Gasteiger partial charge in [-0.1, -0.05) is 27.7 Å². The highest BCUT2D eigenvalue weighted by molar-refractivity contribution is 6.14. The third kappa shape index (κ3) is 4.95. The highest BCUT2D eigenvalue weighted by atomic mass is 16.5. The smallest absolute Gasteiger partial charge is 0.168 e. The fourth-order valence-electron chi connectivity index (χ4n) is 2.48. The maximum atomic E-state index is 12.1. The lowest BCUT2D eigenvalue weighted by Gasteiger charge is -2.28. The molecule has 2 rings (SSSR count). The van der Waals surface area contributed by atoms with E-state index < -0.39 is 0 Å². The summed E-state index contributed by atoms with van der Waals surface area (Å²) in [4.78, 5) is 16.4. The second kappa shape index (κ2) is 6.99. The minimum Gasteiger partial charge on any atom is -0.511 e. The molecule has 1 aromatic carbocycles. The molecule has 0 unspecified atom stereocenters. The molecule has 0 saturated heterocycles. The number of allylic oxidation sites excluding steroid dienone is 2. The zero-order valence-electron chi connectivity index (χ0n) is 14.3. The molecule has 1 N–H and O–H groups in total. The minimum atomic E-state index is -0.187. The van der Waals surface area contributed by atoms with Gasteiger partial charge in [-0.2, -0.15) is 0 Å². The zero-order valence-corrected chi connectivity index (χ0v) is 14.3. The number of ether oxygens (including phenoxy) is 1. The molecule has 0 spiro atoms. The molecule has 1 aliphatic rings. The number of nitrogens with zero attached hydrogens (tertiary/aromatic N) is 1. The van der Waals surface area contributed by atoms with E-state index in [0.29, 0.717) is 30.9 Å². The van der Waals surface area contributed by atoms with Crippen LogP contribution in [0.1, 0.15) is 40.5 Å². The number of aliphatic imine (C=N–C) groups is 1. The van der Waals surface area contributed by atoms with Crippen LogP contribution >= 0.6 is 0 Å². The molecule has 0 atom stereocenters. The highest BCUT2D eigenvalue weighted by Gasteiger charge is 2.32. The molecule has 1 aromatic rings. The van der Waals surface area contributed by atoms with Gasteiger partial charge >= 0.3 is 0 Å². The molecular weight excluding hydrogens is 290 g/mol. The summed E-state index contributed by atoms with van der Waals surface area (Å²) in [5.74, 6) is 1.35. The first-order valence-corrected chi connectivity index (χ1v) is 7.99. The van der Waals surface area contributed by atoms with E-state index in [0.717, 1.165) is 11.4 Å². The van der Waals surface area contributed by atoms with Gasteiger partial charge in [-0.15, -0.1) is 0 Å². The van der Waals surface area contributed by atoms with Gasteiger partial charge in [-0.25, -0.2) is 0 Å². The van der Waals surface area contributed by atoms with Gasteiger partial charge in [0.15, 0.2) is 5.78 Å². The lowest BCUT2D eigenvalue weighted by Crippen LogP contribution is -2.26. The number of hydrogen-bond acceptors (Lipinski definition) is 4. The molecule has 4 nitrogen and oxygen atoms in total. The van der Waals surface area contributed by atoms with Crippen LogP contribution in [-0.2, 0) is 4.79 Å².